The summed E-state index contributed by atoms with van der Waals surface area (Å²) in [7, 11) is 0. The van der Waals surface area contributed by atoms with Gasteiger partial charge in [0.2, 0.25) is 0 Å². The van der Waals surface area contributed by atoms with E-state index in [0.717, 1.165) is 0 Å². The van der Waals surface area contributed by atoms with Crippen molar-refractivity contribution in [2.45, 2.75) is 20.8 Å². The van der Waals surface area contributed by atoms with Gasteiger partial charge in [-0.15, -0.1) is 0 Å². The summed E-state index contributed by atoms with van der Waals surface area (Å²) >= 11 is 0. The molecule has 8 heavy (non-hydrogen) atoms. The minimum absolute atomic E-state index is 0.431. The monoisotopic (exact) mass is 111 g/mol. The van der Waals surface area contributed by atoms with Gasteiger partial charge in [-0.1, -0.05) is 26.7 Å². The summed E-state index contributed by atoms with van der Waals surface area (Å²) in [6.45, 7) is 6.34. The highest BCUT2D eigenvalue weighted by Gasteiger charge is 2.00. The number of rotatable bonds is 1. The third-order valence-corrected chi connectivity index (χ3v) is 1.31. The zero-order valence-corrected chi connectivity index (χ0v) is 5.73. The smallest absolute Gasteiger partial charge is 0.0215 e. The van der Waals surface area contributed by atoms with Crippen LogP contribution >= 0.6 is 0 Å². The van der Waals surface area contributed by atoms with Crippen molar-refractivity contribution in [3.63, 3.8) is 0 Å². The zero-order chi connectivity index (χ0) is 6.57. The van der Waals surface area contributed by atoms with Gasteiger partial charge in [0, 0.05) is 12.0 Å². The van der Waals surface area contributed by atoms with E-state index in [0.29, 0.717) is 11.8 Å². The van der Waals surface area contributed by atoms with E-state index in [2.05, 4.69) is 32.7 Å². The van der Waals surface area contributed by atoms with Gasteiger partial charge < -0.3 is 5.73 Å². The third-order valence-electron chi connectivity index (χ3n) is 1.31. The van der Waals surface area contributed by atoms with Crippen LogP contribution in [0.3, 0.4) is 0 Å². The molecule has 0 radical (unpaired) electrons. The molecule has 0 heterocycles. The van der Waals surface area contributed by atoms with Gasteiger partial charge in [-0.2, -0.15) is 0 Å². The Morgan fingerprint density at radius 3 is 1.88 bits per heavy atom. The maximum atomic E-state index is 5.01. The van der Waals surface area contributed by atoms with Crippen LogP contribution in [0.4, 0.5) is 0 Å². The largest absolute Gasteiger partial charge is 0.359 e. The molecule has 0 aromatic heterocycles. The summed E-state index contributed by atoms with van der Waals surface area (Å²) in [4.78, 5) is 0. The Labute approximate surface area is 51.3 Å². The van der Waals surface area contributed by atoms with Crippen LogP contribution in [-0.2, 0) is 0 Å². The lowest BCUT2D eigenvalue weighted by molar-refractivity contribution is 0.520. The topological polar surface area (TPSA) is 26.0 Å². The highest BCUT2D eigenvalue weighted by molar-refractivity contribution is 4.99. The number of hydrogen-bond donors (Lipinski definition) is 1. The lowest BCUT2D eigenvalue weighted by atomic mass is 9.99. The highest BCUT2D eigenvalue weighted by Crippen LogP contribution is 2.06. The fourth-order valence-corrected chi connectivity index (χ4v) is 0.298. The molecule has 1 atom stereocenters. The van der Waals surface area contributed by atoms with E-state index < -0.39 is 0 Å². The Morgan fingerprint density at radius 2 is 1.75 bits per heavy atom. The first-order chi connectivity index (χ1) is 3.68. The maximum absolute atomic E-state index is 5.01. The minimum Gasteiger partial charge on any atom is -0.359 e. The second-order valence-corrected chi connectivity index (χ2v) is 2.32. The van der Waals surface area contributed by atoms with Gasteiger partial charge >= 0.3 is 0 Å². The lowest BCUT2D eigenvalue weighted by Gasteiger charge is -2.05. The molecule has 1 unspecified atom stereocenters. The zero-order valence-electron chi connectivity index (χ0n) is 5.73. The van der Waals surface area contributed by atoms with Gasteiger partial charge in [-0.3, -0.25) is 0 Å². The van der Waals surface area contributed by atoms with E-state index in [1.165, 1.54) is 0 Å². The van der Waals surface area contributed by atoms with E-state index in [9.17, 15) is 0 Å². The van der Waals surface area contributed by atoms with Gasteiger partial charge in [0.15, 0.2) is 0 Å². The molecule has 1 nitrogen and oxygen atoms in total. The van der Waals surface area contributed by atoms with Crippen molar-refractivity contribution in [3.8, 4) is 12.0 Å². The van der Waals surface area contributed by atoms with Gasteiger partial charge in [-0.05, 0) is 5.92 Å². The quantitative estimate of drug-likeness (QED) is 0.399. The molecule has 1 heteroatoms. The molecule has 0 aliphatic rings. The van der Waals surface area contributed by atoms with Crippen molar-refractivity contribution >= 4 is 0 Å². The van der Waals surface area contributed by atoms with Crippen molar-refractivity contribution in [2.75, 3.05) is 0 Å². The average Bonchev–Trinajstić information content (AvgIpc) is 1.67. The molecule has 0 aliphatic heterocycles. The summed E-state index contributed by atoms with van der Waals surface area (Å²) in [6.07, 6.45) is 0. The van der Waals surface area contributed by atoms with E-state index in [1.54, 1.807) is 0 Å². The Bertz CT molecular complexity index is 105. The first-order valence-electron chi connectivity index (χ1n) is 2.89. The minimum atomic E-state index is 0.431. The van der Waals surface area contributed by atoms with Crippen LogP contribution in [0.25, 0.3) is 0 Å². The van der Waals surface area contributed by atoms with E-state index in [1.807, 2.05) is 0 Å². The third kappa shape index (κ3) is 2.52. The van der Waals surface area contributed by atoms with Crippen LogP contribution in [0.15, 0.2) is 0 Å². The molecule has 2 N–H and O–H groups in total. The predicted octanol–water partition coefficient (Wildman–Crippen LogP) is 1.20. The fourth-order valence-electron chi connectivity index (χ4n) is 0.298. The molecule has 0 saturated carbocycles. The summed E-state index contributed by atoms with van der Waals surface area (Å²) < 4.78 is 0. The Balaban J connectivity index is 3.58. The number of nitrogens with two attached hydrogens (primary N) is 1. The van der Waals surface area contributed by atoms with E-state index >= 15 is 0 Å². The first-order valence-corrected chi connectivity index (χ1v) is 2.89. The summed E-state index contributed by atoms with van der Waals surface area (Å²) in [5.41, 5.74) is 5.01. The van der Waals surface area contributed by atoms with Crippen molar-refractivity contribution in [3.05, 3.63) is 0 Å². The molecule has 0 fully saturated rings. The fraction of sp³-hybridized carbons (Fsp3) is 0.714. The average molecular weight is 111 g/mol. The predicted molar refractivity (Wildman–Crippen MR) is 36.0 cm³/mol. The second kappa shape index (κ2) is 3.37. The second-order valence-electron chi connectivity index (χ2n) is 2.32. The highest BCUT2D eigenvalue weighted by atomic mass is 14.5. The Kier molecular flexibility index (Phi) is 3.10. The maximum Gasteiger partial charge on any atom is 0.0215 e. The lowest BCUT2D eigenvalue weighted by Crippen LogP contribution is -2.00. The van der Waals surface area contributed by atoms with Crippen molar-refractivity contribution in [1.82, 2.24) is 0 Å². The molecule has 0 spiro atoms. The van der Waals surface area contributed by atoms with Gasteiger partial charge in [0.25, 0.3) is 0 Å². The van der Waals surface area contributed by atoms with Crippen LogP contribution < -0.4 is 5.73 Å². The summed E-state index contributed by atoms with van der Waals surface area (Å²) in [5.74, 6) is 3.92. The molecular weight excluding hydrogens is 98.1 g/mol. The van der Waals surface area contributed by atoms with Gasteiger partial charge in [0.1, 0.15) is 0 Å². The summed E-state index contributed by atoms with van der Waals surface area (Å²) in [5, 5.41) is 0. The Morgan fingerprint density at radius 1 is 1.25 bits per heavy atom. The molecule has 0 bridgehead atoms. The summed E-state index contributed by atoms with van der Waals surface area (Å²) in [6, 6.07) is 2.40. The van der Waals surface area contributed by atoms with Crippen LogP contribution in [0, 0.1) is 23.8 Å². The number of hydrogen-bond acceptors (Lipinski definition) is 1. The van der Waals surface area contributed by atoms with Crippen molar-refractivity contribution < 1.29 is 0 Å². The normalized spacial score (nSPS) is 12.5. The molecular formula is C7H13N. The SMILES string of the molecule is CC(C)C(C)C#CN. The molecule has 46 valence electrons. The molecule has 0 amide bonds. The van der Waals surface area contributed by atoms with Gasteiger partial charge in [-0.25, -0.2) is 0 Å². The molecule has 0 aromatic carbocycles. The van der Waals surface area contributed by atoms with E-state index in [-0.39, 0.29) is 0 Å². The Hall–Kier alpha value is -0.640. The van der Waals surface area contributed by atoms with Crippen LogP contribution in [-0.4, -0.2) is 0 Å². The van der Waals surface area contributed by atoms with Crippen LogP contribution in [0.2, 0.25) is 0 Å². The van der Waals surface area contributed by atoms with Crippen LogP contribution in [0.1, 0.15) is 20.8 Å². The van der Waals surface area contributed by atoms with Crippen molar-refractivity contribution in [1.29, 1.82) is 0 Å². The molecule has 0 rings (SSSR count). The van der Waals surface area contributed by atoms with Gasteiger partial charge in [0.05, 0.1) is 0 Å². The standard InChI is InChI=1S/C7H13N/c1-6(2)7(3)4-5-8/h6-7H,8H2,1-3H3. The van der Waals surface area contributed by atoms with E-state index in [4.69, 9.17) is 5.73 Å². The molecule has 0 aliphatic carbocycles. The first kappa shape index (κ1) is 7.36. The van der Waals surface area contributed by atoms with Crippen LogP contribution in [0.5, 0.6) is 0 Å². The molecule has 0 saturated heterocycles. The molecule has 0 aromatic rings. The van der Waals surface area contributed by atoms with Crippen molar-refractivity contribution in [2.24, 2.45) is 17.6 Å².